The highest BCUT2D eigenvalue weighted by molar-refractivity contribution is 7.10. The molecule has 1 aromatic heterocycles. The Morgan fingerprint density at radius 3 is 2.57 bits per heavy atom. The molecule has 0 fully saturated rings. The van der Waals surface area contributed by atoms with Crippen LogP contribution in [0.4, 0.5) is 17.6 Å². The number of alkyl halides is 3. The molecule has 0 radical (unpaired) electrons. The van der Waals surface area contributed by atoms with Gasteiger partial charge < -0.3 is 10.4 Å². The molecule has 1 heterocycles. The summed E-state index contributed by atoms with van der Waals surface area (Å²) in [5.74, 6) is -2.27. The van der Waals surface area contributed by atoms with Gasteiger partial charge in [0.15, 0.2) is 0 Å². The van der Waals surface area contributed by atoms with Gasteiger partial charge in [-0.3, -0.25) is 4.79 Å². The standard InChI is InChI=1S/C15H13F4NO2S/c1-14(22,12-3-2-6-23-12)8-20-13(21)9-4-5-11(16)10(7-9)15(17,18)19/h2-7,22H,8H2,1H3,(H,20,21). The number of carbonyl (C=O) groups is 1. The number of halogens is 4. The lowest BCUT2D eigenvalue weighted by Crippen LogP contribution is -2.38. The summed E-state index contributed by atoms with van der Waals surface area (Å²) in [4.78, 5) is 12.5. The molecule has 1 atom stereocenters. The Balaban J connectivity index is 2.13. The summed E-state index contributed by atoms with van der Waals surface area (Å²) >= 11 is 1.29. The molecular weight excluding hydrogens is 334 g/mol. The van der Waals surface area contributed by atoms with Crippen molar-refractivity contribution >= 4 is 17.2 Å². The number of benzene rings is 1. The predicted molar refractivity (Wildman–Crippen MR) is 77.6 cm³/mol. The van der Waals surface area contributed by atoms with E-state index in [2.05, 4.69) is 5.32 Å². The molecule has 0 aliphatic rings. The van der Waals surface area contributed by atoms with E-state index in [1.165, 1.54) is 18.3 Å². The molecule has 1 amide bonds. The van der Waals surface area contributed by atoms with E-state index in [9.17, 15) is 27.5 Å². The van der Waals surface area contributed by atoms with Crippen LogP contribution < -0.4 is 5.32 Å². The van der Waals surface area contributed by atoms with E-state index in [1.54, 1.807) is 17.5 Å². The van der Waals surface area contributed by atoms with Crippen molar-refractivity contribution in [1.82, 2.24) is 5.32 Å². The van der Waals surface area contributed by atoms with Crippen molar-refractivity contribution in [3.05, 3.63) is 57.5 Å². The third-order valence-electron chi connectivity index (χ3n) is 3.18. The topological polar surface area (TPSA) is 49.3 Å². The number of hydrogen-bond acceptors (Lipinski definition) is 3. The Bertz CT molecular complexity index is 696. The highest BCUT2D eigenvalue weighted by Gasteiger charge is 2.35. The Hall–Kier alpha value is -1.93. The van der Waals surface area contributed by atoms with Crippen molar-refractivity contribution in [2.75, 3.05) is 6.54 Å². The van der Waals surface area contributed by atoms with Gasteiger partial charge in [0.2, 0.25) is 0 Å². The summed E-state index contributed by atoms with van der Waals surface area (Å²) in [5, 5.41) is 14.4. The number of nitrogens with one attached hydrogen (secondary N) is 1. The van der Waals surface area contributed by atoms with Crippen LogP contribution in [0.3, 0.4) is 0 Å². The first kappa shape index (κ1) is 17.4. The minimum Gasteiger partial charge on any atom is -0.383 e. The van der Waals surface area contributed by atoms with E-state index < -0.39 is 29.1 Å². The van der Waals surface area contributed by atoms with E-state index in [4.69, 9.17) is 0 Å². The van der Waals surface area contributed by atoms with Crippen molar-refractivity contribution in [3.8, 4) is 0 Å². The van der Waals surface area contributed by atoms with E-state index in [0.717, 1.165) is 6.07 Å². The van der Waals surface area contributed by atoms with Crippen molar-refractivity contribution < 1.29 is 27.5 Å². The molecular formula is C15H13F4NO2S. The summed E-state index contributed by atoms with van der Waals surface area (Å²) in [6.45, 7) is 1.29. The first-order chi connectivity index (χ1) is 10.6. The molecule has 0 saturated heterocycles. The van der Waals surface area contributed by atoms with Gasteiger partial charge in [-0.15, -0.1) is 11.3 Å². The number of carbonyl (C=O) groups excluding carboxylic acids is 1. The fraction of sp³-hybridized carbons (Fsp3) is 0.267. The maximum absolute atomic E-state index is 13.2. The molecule has 2 aromatic rings. The Morgan fingerprint density at radius 2 is 2.00 bits per heavy atom. The van der Waals surface area contributed by atoms with Gasteiger partial charge in [0.05, 0.1) is 12.1 Å². The first-order valence-corrected chi connectivity index (χ1v) is 7.40. The number of aliphatic hydroxyl groups is 1. The molecule has 8 heteroatoms. The summed E-state index contributed by atoms with van der Waals surface area (Å²) in [6.07, 6.45) is -4.89. The van der Waals surface area contributed by atoms with Gasteiger partial charge in [0.25, 0.3) is 5.91 Å². The Morgan fingerprint density at radius 1 is 1.30 bits per heavy atom. The van der Waals surface area contributed by atoms with E-state index in [1.807, 2.05) is 0 Å². The Kier molecular flexibility index (Phi) is 4.76. The van der Waals surface area contributed by atoms with Crippen LogP contribution in [-0.2, 0) is 11.8 Å². The number of hydrogen-bond donors (Lipinski definition) is 2. The van der Waals surface area contributed by atoms with E-state index in [-0.39, 0.29) is 12.1 Å². The minimum atomic E-state index is -4.89. The number of thiophene rings is 1. The molecule has 124 valence electrons. The van der Waals surface area contributed by atoms with Gasteiger partial charge in [-0.1, -0.05) is 6.07 Å². The number of rotatable bonds is 4. The molecule has 1 aromatic carbocycles. The van der Waals surface area contributed by atoms with Crippen LogP contribution in [0.15, 0.2) is 35.7 Å². The third kappa shape index (κ3) is 4.08. The average molecular weight is 347 g/mol. The van der Waals surface area contributed by atoms with Crippen LogP contribution in [0, 0.1) is 5.82 Å². The van der Waals surface area contributed by atoms with Crippen molar-refractivity contribution in [3.63, 3.8) is 0 Å². The van der Waals surface area contributed by atoms with Crippen LogP contribution >= 0.6 is 11.3 Å². The van der Waals surface area contributed by atoms with E-state index in [0.29, 0.717) is 17.0 Å². The third-order valence-corrected chi connectivity index (χ3v) is 4.30. The van der Waals surface area contributed by atoms with E-state index >= 15 is 0 Å². The molecule has 3 nitrogen and oxygen atoms in total. The van der Waals surface area contributed by atoms with Crippen LogP contribution in [-0.4, -0.2) is 17.6 Å². The zero-order valence-electron chi connectivity index (χ0n) is 11.9. The SMILES string of the molecule is CC(O)(CNC(=O)c1ccc(F)c(C(F)(F)F)c1)c1cccs1. The highest BCUT2D eigenvalue weighted by atomic mass is 32.1. The quantitative estimate of drug-likeness (QED) is 0.831. The van der Waals surface area contributed by atoms with Crippen LogP contribution in [0.1, 0.15) is 27.7 Å². The molecule has 2 N–H and O–H groups in total. The maximum atomic E-state index is 13.2. The van der Waals surface area contributed by atoms with Gasteiger partial charge in [-0.25, -0.2) is 4.39 Å². The fourth-order valence-corrected chi connectivity index (χ4v) is 2.70. The summed E-state index contributed by atoms with van der Waals surface area (Å²) in [5.41, 5.74) is -3.19. The lowest BCUT2D eigenvalue weighted by atomic mass is 10.0. The van der Waals surface area contributed by atoms with Gasteiger partial charge in [0, 0.05) is 10.4 Å². The molecule has 0 aliphatic carbocycles. The molecule has 0 saturated carbocycles. The lowest BCUT2D eigenvalue weighted by molar-refractivity contribution is -0.140. The largest absolute Gasteiger partial charge is 0.419 e. The zero-order valence-corrected chi connectivity index (χ0v) is 12.8. The van der Waals surface area contributed by atoms with Crippen LogP contribution in [0.2, 0.25) is 0 Å². The molecule has 2 rings (SSSR count). The summed E-state index contributed by atoms with van der Waals surface area (Å²) in [6, 6.07) is 5.40. The minimum absolute atomic E-state index is 0.189. The van der Waals surface area contributed by atoms with Gasteiger partial charge in [-0.05, 0) is 36.6 Å². The maximum Gasteiger partial charge on any atom is 0.419 e. The fourth-order valence-electron chi connectivity index (χ4n) is 1.91. The first-order valence-electron chi connectivity index (χ1n) is 6.52. The monoisotopic (exact) mass is 347 g/mol. The Labute approximate surface area is 133 Å². The van der Waals surface area contributed by atoms with Crippen LogP contribution in [0.5, 0.6) is 0 Å². The molecule has 0 spiro atoms. The highest BCUT2D eigenvalue weighted by Crippen LogP contribution is 2.32. The van der Waals surface area contributed by atoms with Gasteiger partial charge >= 0.3 is 6.18 Å². The molecule has 0 bridgehead atoms. The smallest absolute Gasteiger partial charge is 0.383 e. The second kappa shape index (κ2) is 6.29. The lowest BCUT2D eigenvalue weighted by Gasteiger charge is -2.22. The van der Waals surface area contributed by atoms with Gasteiger partial charge in [-0.2, -0.15) is 13.2 Å². The van der Waals surface area contributed by atoms with Crippen molar-refractivity contribution in [2.24, 2.45) is 0 Å². The summed E-state index contributed by atoms with van der Waals surface area (Å²) in [7, 11) is 0. The molecule has 0 aliphatic heterocycles. The normalized spacial score (nSPS) is 14.3. The zero-order chi connectivity index (χ0) is 17.3. The summed E-state index contributed by atoms with van der Waals surface area (Å²) < 4.78 is 51.1. The van der Waals surface area contributed by atoms with Crippen LogP contribution in [0.25, 0.3) is 0 Å². The second-order valence-corrected chi connectivity index (χ2v) is 6.07. The average Bonchev–Trinajstić information content (AvgIpc) is 2.99. The van der Waals surface area contributed by atoms with Crippen molar-refractivity contribution in [2.45, 2.75) is 18.7 Å². The van der Waals surface area contributed by atoms with Gasteiger partial charge in [0.1, 0.15) is 11.4 Å². The predicted octanol–water partition coefficient (Wildman–Crippen LogP) is 3.54. The second-order valence-electron chi connectivity index (χ2n) is 5.13. The van der Waals surface area contributed by atoms with Crippen molar-refractivity contribution in [1.29, 1.82) is 0 Å². The molecule has 1 unspecified atom stereocenters. The number of amides is 1. The molecule has 23 heavy (non-hydrogen) atoms.